The fourth-order valence-electron chi connectivity index (χ4n) is 4.14. The van der Waals surface area contributed by atoms with Crippen LogP contribution >= 0.6 is 0 Å². The maximum Gasteiger partial charge on any atom is 0.268 e. The number of ether oxygens (including phenoxy) is 2. The second-order valence-electron chi connectivity index (χ2n) is 8.14. The molecule has 2 aromatic rings. The van der Waals surface area contributed by atoms with E-state index in [0.29, 0.717) is 18.0 Å². The van der Waals surface area contributed by atoms with E-state index in [-0.39, 0.29) is 11.4 Å². The second-order valence-corrected chi connectivity index (χ2v) is 8.14. The smallest absolute Gasteiger partial charge is 0.268 e. The van der Waals surface area contributed by atoms with Crippen LogP contribution in [0.1, 0.15) is 36.8 Å². The molecule has 0 radical (unpaired) electrons. The lowest BCUT2D eigenvalue weighted by molar-refractivity contribution is -0.00531. The molecule has 2 aliphatic rings. The SMILES string of the molecule is N#CB1CCC2(CCCO2)CC1.N#Cc1c(F)ccc(F)c1Oc1ccc(N)c(/C=C\N)c1. The largest absolute Gasteiger partial charge is 0.453 e. The third-order valence-corrected chi connectivity index (χ3v) is 5.99. The molecular formula is C24H25BF2N4O2. The molecule has 0 aromatic heterocycles. The monoisotopic (exact) mass is 450 g/mol. The summed E-state index contributed by atoms with van der Waals surface area (Å²) in [6.07, 6.45) is 9.61. The van der Waals surface area contributed by atoms with Crippen molar-refractivity contribution in [2.24, 2.45) is 5.73 Å². The summed E-state index contributed by atoms with van der Waals surface area (Å²) in [6, 6.07) is 7.86. The minimum Gasteiger partial charge on any atom is -0.453 e. The lowest BCUT2D eigenvalue weighted by Gasteiger charge is -2.33. The van der Waals surface area contributed by atoms with Crippen LogP contribution in [0, 0.1) is 34.2 Å². The van der Waals surface area contributed by atoms with Gasteiger partial charge in [-0.15, -0.1) is 0 Å². The highest BCUT2D eigenvalue weighted by atomic mass is 19.1. The van der Waals surface area contributed by atoms with Gasteiger partial charge in [0.2, 0.25) is 0 Å². The summed E-state index contributed by atoms with van der Waals surface area (Å²) in [6.45, 7) is 1.25. The maximum atomic E-state index is 13.7. The first kappa shape index (κ1) is 24.1. The highest BCUT2D eigenvalue weighted by Gasteiger charge is 2.39. The van der Waals surface area contributed by atoms with Crippen LogP contribution in [0.25, 0.3) is 6.08 Å². The first-order valence-corrected chi connectivity index (χ1v) is 10.8. The Kier molecular flexibility index (Phi) is 7.92. The third kappa shape index (κ3) is 5.82. The van der Waals surface area contributed by atoms with Gasteiger partial charge in [0.25, 0.3) is 6.71 Å². The quantitative estimate of drug-likeness (QED) is 0.500. The van der Waals surface area contributed by atoms with E-state index in [2.05, 4.69) is 5.97 Å². The Morgan fingerprint density at radius 2 is 1.82 bits per heavy atom. The van der Waals surface area contributed by atoms with Gasteiger partial charge in [-0.25, -0.2) is 14.0 Å². The molecule has 170 valence electrons. The number of hydrogen-bond donors (Lipinski definition) is 2. The molecule has 2 saturated heterocycles. The zero-order valence-electron chi connectivity index (χ0n) is 18.2. The van der Waals surface area contributed by atoms with Crippen LogP contribution in [-0.2, 0) is 4.74 Å². The number of halogens is 2. The summed E-state index contributed by atoms with van der Waals surface area (Å²) in [5, 5.41) is 17.6. The van der Waals surface area contributed by atoms with Gasteiger partial charge in [-0.3, -0.25) is 0 Å². The second kappa shape index (κ2) is 10.8. The molecule has 0 unspecified atom stereocenters. The highest BCUT2D eigenvalue weighted by Crippen LogP contribution is 2.39. The molecule has 33 heavy (non-hydrogen) atoms. The molecule has 2 aliphatic heterocycles. The topological polar surface area (TPSA) is 118 Å². The Bertz CT molecular complexity index is 1090. The standard InChI is InChI=1S/C15H11F2N3O.C9H14BNO/c16-12-2-3-13(17)15(11(12)8-19)21-10-1-4-14(20)9(7-10)5-6-18;11-8-10-5-3-9(4-6-10)2-1-7-12-9/h1-7H,18,20H2;1-7H2/b6-5-;. The molecule has 0 amide bonds. The van der Waals surface area contributed by atoms with E-state index < -0.39 is 22.9 Å². The van der Waals surface area contributed by atoms with E-state index in [9.17, 15) is 8.78 Å². The van der Waals surface area contributed by atoms with Crippen molar-refractivity contribution >= 4 is 18.5 Å². The summed E-state index contributed by atoms with van der Waals surface area (Å²) in [5.41, 5.74) is 11.7. The van der Waals surface area contributed by atoms with Crippen molar-refractivity contribution in [3.05, 3.63) is 59.3 Å². The molecule has 2 aromatic carbocycles. The number of nitrogens with two attached hydrogens (primary N) is 2. The molecule has 2 heterocycles. The number of rotatable bonds is 3. The molecule has 0 aliphatic carbocycles. The highest BCUT2D eigenvalue weighted by molar-refractivity contribution is 6.67. The minimum atomic E-state index is -0.855. The first-order chi connectivity index (χ1) is 15.9. The van der Waals surface area contributed by atoms with Crippen LogP contribution in [-0.4, -0.2) is 18.9 Å². The van der Waals surface area contributed by atoms with Gasteiger partial charge in [-0.05, 0) is 68.3 Å². The molecular weight excluding hydrogens is 425 g/mol. The van der Waals surface area contributed by atoms with E-state index in [1.165, 1.54) is 43.3 Å². The Morgan fingerprint density at radius 3 is 2.42 bits per heavy atom. The van der Waals surface area contributed by atoms with Gasteiger partial charge in [-0.1, -0.05) is 12.6 Å². The summed E-state index contributed by atoms with van der Waals surface area (Å²) in [4.78, 5) is 0. The van der Waals surface area contributed by atoms with Gasteiger partial charge in [0, 0.05) is 23.8 Å². The fourth-order valence-corrected chi connectivity index (χ4v) is 4.14. The molecule has 2 fully saturated rings. The molecule has 0 bridgehead atoms. The molecule has 9 heteroatoms. The van der Waals surface area contributed by atoms with Crippen LogP contribution in [0.4, 0.5) is 14.5 Å². The minimum absolute atomic E-state index is 0.202. The Hall–Kier alpha value is -3.56. The van der Waals surface area contributed by atoms with Crippen LogP contribution in [0.2, 0.25) is 12.6 Å². The number of benzene rings is 2. The summed E-state index contributed by atoms with van der Waals surface area (Å²) >= 11 is 0. The third-order valence-electron chi connectivity index (χ3n) is 5.99. The fraction of sp³-hybridized carbons (Fsp3) is 0.333. The van der Waals surface area contributed by atoms with Crippen molar-refractivity contribution in [3.8, 4) is 23.5 Å². The van der Waals surface area contributed by atoms with E-state index in [4.69, 9.17) is 31.5 Å². The number of nitriles is 2. The van der Waals surface area contributed by atoms with E-state index in [1.54, 1.807) is 6.07 Å². The van der Waals surface area contributed by atoms with Crippen molar-refractivity contribution < 1.29 is 18.3 Å². The van der Waals surface area contributed by atoms with Crippen LogP contribution in [0.15, 0.2) is 36.5 Å². The zero-order valence-corrected chi connectivity index (χ0v) is 18.2. The number of hydrogen-bond acceptors (Lipinski definition) is 6. The van der Waals surface area contributed by atoms with Crippen LogP contribution < -0.4 is 16.2 Å². The lowest BCUT2D eigenvalue weighted by atomic mass is 9.41. The van der Waals surface area contributed by atoms with Gasteiger partial charge in [0.15, 0.2) is 11.6 Å². The van der Waals surface area contributed by atoms with Gasteiger partial charge in [-0.2, -0.15) is 5.26 Å². The van der Waals surface area contributed by atoms with Crippen molar-refractivity contribution in [1.29, 1.82) is 10.5 Å². The Morgan fingerprint density at radius 1 is 1.09 bits per heavy atom. The lowest BCUT2D eigenvalue weighted by Crippen LogP contribution is -2.35. The van der Waals surface area contributed by atoms with Crippen molar-refractivity contribution in [1.82, 2.24) is 0 Å². The molecule has 0 saturated carbocycles. The van der Waals surface area contributed by atoms with Crippen molar-refractivity contribution in [2.45, 2.75) is 43.9 Å². The van der Waals surface area contributed by atoms with Crippen LogP contribution in [0.3, 0.4) is 0 Å². The summed E-state index contributed by atoms with van der Waals surface area (Å²) in [5.74, 6) is 0.406. The van der Waals surface area contributed by atoms with E-state index >= 15 is 0 Å². The van der Waals surface area contributed by atoms with Crippen molar-refractivity contribution in [3.63, 3.8) is 0 Å². The van der Waals surface area contributed by atoms with Gasteiger partial charge >= 0.3 is 0 Å². The van der Waals surface area contributed by atoms with E-state index in [1.807, 2.05) is 0 Å². The molecule has 4 N–H and O–H groups in total. The normalized spacial score (nSPS) is 16.7. The summed E-state index contributed by atoms with van der Waals surface area (Å²) in [7, 11) is 0. The van der Waals surface area contributed by atoms with E-state index in [0.717, 1.165) is 44.2 Å². The zero-order chi connectivity index (χ0) is 23.8. The first-order valence-electron chi connectivity index (χ1n) is 10.8. The van der Waals surface area contributed by atoms with Crippen LogP contribution in [0.5, 0.6) is 11.5 Å². The molecule has 4 rings (SSSR count). The Labute approximate surface area is 192 Å². The van der Waals surface area contributed by atoms with Crippen molar-refractivity contribution in [2.75, 3.05) is 12.3 Å². The predicted molar refractivity (Wildman–Crippen MR) is 123 cm³/mol. The van der Waals surface area contributed by atoms with Gasteiger partial charge in [0.05, 0.1) is 5.60 Å². The number of nitrogen functional groups attached to an aromatic ring is 1. The molecule has 6 nitrogen and oxygen atoms in total. The maximum absolute atomic E-state index is 13.7. The average molecular weight is 450 g/mol. The predicted octanol–water partition coefficient (Wildman–Crippen LogP) is 5.03. The molecule has 1 spiro atoms. The van der Waals surface area contributed by atoms with Gasteiger partial charge in [0.1, 0.15) is 23.2 Å². The number of nitrogens with zero attached hydrogens (tertiary/aromatic N) is 2. The molecule has 0 atom stereocenters. The van der Waals surface area contributed by atoms with Gasteiger partial charge < -0.3 is 20.9 Å². The average Bonchev–Trinajstić information content (AvgIpc) is 3.28. The Balaban J connectivity index is 0.000000215. The number of anilines is 1. The summed E-state index contributed by atoms with van der Waals surface area (Å²) < 4.78 is 38.3.